The highest BCUT2D eigenvalue weighted by molar-refractivity contribution is 7.80. The lowest BCUT2D eigenvalue weighted by molar-refractivity contribution is -0.384. The molecule has 2 aromatic rings. The molecule has 0 spiro atoms. The summed E-state index contributed by atoms with van der Waals surface area (Å²) in [5, 5.41) is 15.7. The first-order chi connectivity index (χ1) is 11.4. The molecular formula is C15H12N4O4S. The van der Waals surface area contributed by atoms with E-state index in [1.165, 1.54) is 30.3 Å². The predicted molar refractivity (Wildman–Crippen MR) is 91.7 cm³/mol. The van der Waals surface area contributed by atoms with E-state index in [2.05, 4.69) is 10.6 Å². The second-order valence-corrected chi connectivity index (χ2v) is 5.03. The van der Waals surface area contributed by atoms with Crippen molar-refractivity contribution < 1.29 is 14.5 Å². The summed E-state index contributed by atoms with van der Waals surface area (Å²) >= 11 is 5.02. The van der Waals surface area contributed by atoms with Gasteiger partial charge in [0.15, 0.2) is 5.11 Å². The molecule has 2 rings (SSSR count). The van der Waals surface area contributed by atoms with Gasteiger partial charge in [0.05, 0.1) is 16.2 Å². The van der Waals surface area contributed by atoms with Gasteiger partial charge in [0.1, 0.15) is 0 Å². The summed E-state index contributed by atoms with van der Waals surface area (Å²) in [6.45, 7) is 0. The van der Waals surface area contributed by atoms with Gasteiger partial charge in [-0.15, -0.1) is 0 Å². The number of primary amides is 1. The van der Waals surface area contributed by atoms with Crippen molar-refractivity contribution >= 4 is 40.5 Å². The number of para-hydroxylation sites is 1. The van der Waals surface area contributed by atoms with Crippen molar-refractivity contribution in [3.05, 3.63) is 69.8 Å². The summed E-state index contributed by atoms with van der Waals surface area (Å²) in [5.41, 5.74) is 5.92. The van der Waals surface area contributed by atoms with Gasteiger partial charge in [-0.3, -0.25) is 25.0 Å². The Labute approximate surface area is 141 Å². The zero-order valence-corrected chi connectivity index (χ0v) is 13.0. The molecule has 4 N–H and O–H groups in total. The maximum Gasteiger partial charge on any atom is 0.269 e. The van der Waals surface area contributed by atoms with E-state index in [9.17, 15) is 19.7 Å². The standard InChI is InChI=1S/C15H12N4O4S/c16-13(20)11-3-1-2-4-12(11)17-15(24)18-14(21)9-5-7-10(8-6-9)19(22)23/h1-8H,(H2,16,20)(H2,17,18,21,24). The largest absolute Gasteiger partial charge is 0.366 e. The number of nitrogens with one attached hydrogen (secondary N) is 2. The van der Waals surface area contributed by atoms with Crippen LogP contribution in [0.5, 0.6) is 0 Å². The highest BCUT2D eigenvalue weighted by atomic mass is 32.1. The number of non-ortho nitro benzene ring substituents is 1. The predicted octanol–water partition coefficient (Wildman–Crippen LogP) is 1.82. The number of thiocarbonyl (C=S) groups is 1. The van der Waals surface area contributed by atoms with Gasteiger partial charge in [-0.2, -0.15) is 0 Å². The number of carbonyl (C=O) groups is 2. The fraction of sp³-hybridized carbons (Fsp3) is 0. The molecule has 0 atom stereocenters. The second kappa shape index (κ2) is 7.29. The fourth-order valence-electron chi connectivity index (χ4n) is 1.87. The van der Waals surface area contributed by atoms with Crippen LogP contribution in [0.1, 0.15) is 20.7 Å². The zero-order valence-electron chi connectivity index (χ0n) is 12.2. The Morgan fingerprint density at radius 2 is 1.71 bits per heavy atom. The quantitative estimate of drug-likeness (QED) is 0.441. The first-order valence-electron chi connectivity index (χ1n) is 6.64. The Bertz CT molecular complexity index is 820. The van der Waals surface area contributed by atoms with Crippen molar-refractivity contribution in [1.29, 1.82) is 0 Å². The second-order valence-electron chi connectivity index (χ2n) is 4.62. The van der Waals surface area contributed by atoms with Crippen molar-refractivity contribution in [2.45, 2.75) is 0 Å². The van der Waals surface area contributed by atoms with E-state index in [4.69, 9.17) is 18.0 Å². The van der Waals surface area contributed by atoms with Gasteiger partial charge in [0.2, 0.25) is 0 Å². The fourth-order valence-corrected chi connectivity index (χ4v) is 2.07. The van der Waals surface area contributed by atoms with E-state index in [0.717, 1.165) is 0 Å². The van der Waals surface area contributed by atoms with Crippen LogP contribution in [0.3, 0.4) is 0 Å². The Balaban J connectivity index is 2.06. The van der Waals surface area contributed by atoms with Crippen LogP contribution in [0, 0.1) is 10.1 Å². The molecule has 0 unspecified atom stereocenters. The average Bonchev–Trinajstić information content (AvgIpc) is 2.55. The monoisotopic (exact) mass is 344 g/mol. The van der Waals surface area contributed by atoms with E-state index in [1.807, 2.05) is 0 Å². The third-order valence-electron chi connectivity index (χ3n) is 3.01. The Kier molecular flexibility index (Phi) is 5.17. The van der Waals surface area contributed by atoms with Crippen LogP contribution in [-0.4, -0.2) is 21.9 Å². The van der Waals surface area contributed by atoms with Crippen LogP contribution < -0.4 is 16.4 Å². The number of anilines is 1. The first-order valence-corrected chi connectivity index (χ1v) is 7.05. The van der Waals surface area contributed by atoms with Crippen LogP contribution in [0.4, 0.5) is 11.4 Å². The van der Waals surface area contributed by atoms with Gasteiger partial charge < -0.3 is 11.1 Å². The zero-order chi connectivity index (χ0) is 17.7. The van der Waals surface area contributed by atoms with Crippen LogP contribution in [-0.2, 0) is 0 Å². The molecule has 0 fully saturated rings. The Morgan fingerprint density at radius 1 is 1.08 bits per heavy atom. The van der Waals surface area contributed by atoms with E-state index in [-0.39, 0.29) is 21.9 Å². The number of carbonyl (C=O) groups excluding carboxylic acids is 2. The minimum Gasteiger partial charge on any atom is -0.366 e. The molecule has 2 amide bonds. The molecule has 0 bridgehead atoms. The molecule has 2 aromatic carbocycles. The molecule has 0 aromatic heterocycles. The molecule has 0 saturated heterocycles. The minimum absolute atomic E-state index is 0.0351. The number of nitrogens with zero attached hydrogens (tertiary/aromatic N) is 1. The average molecular weight is 344 g/mol. The molecule has 8 nitrogen and oxygen atoms in total. The van der Waals surface area contributed by atoms with Gasteiger partial charge in [-0.25, -0.2) is 0 Å². The van der Waals surface area contributed by atoms with E-state index in [1.54, 1.807) is 18.2 Å². The normalized spacial score (nSPS) is 9.83. The number of nitrogens with two attached hydrogens (primary N) is 1. The summed E-state index contributed by atoms with van der Waals surface area (Å²) < 4.78 is 0. The molecule has 0 aliphatic carbocycles. The number of hydrogen-bond acceptors (Lipinski definition) is 5. The van der Waals surface area contributed by atoms with E-state index in [0.29, 0.717) is 5.69 Å². The third-order valence-corrected chi connectivity index (χ3v) is 3.21. The number of rotatable bonds is 4. The van der Waals surface area contributed by atoms with E-state index >= 15 is 0 Å². The highest BCUT2D eigenvalue weighted by Crippen LogP contribution is 2.14. The molecule has 9 heteroatoms. The van der Waals surface area contributed by atoms with Gasteiger partial charge in [0, 0.05) is 17.7 Å². The SMILES string of the molecule is NC(=O)c1ccccc1NC(=S)NC(=O)c1ccc([N+](=O)[O-])cc1. The molecule has 24 heavy (non-hydrogen) atoms. The number of benzene rings is 2. The molecule has 0 aliphatic heterocycles. The maximum absolute atomic E-state index is 12.0. The third kappa shape index (κ3) is 4.11. The molecule has 0 heterocycles. The topological polar surface area (TPSA) is 127 Å². The number of amides is 2. The van der Waals surface area contributed by atoms with E-state index < -0.39 is 16.7 Å². The lowest BCUT2D eigenvalue weighted by atomic mass is 10.1. The lowest BCUT2D eigenvalue weighted by Crippen LogP contribution is -2.34. The van der Waals surface area contributed by atoms with Gasteiger partial charge in [-0.1, -0.05) is 12.1 Å². The molecule has 0 saturated carbocycles. The molecular weight excluding hydrogens is 332 g/mol. The summed E-state index contributed by atoms with van der Waals surface area (Å²) in [4.78, 5) is 33.4. The van der Waals surface area contributed by atoms with Crippen molar-refractivity contribution in [2.24, 2.45) is 5.73 Å². The summed E-state index contributed by atoms with van der Waals surface area (Å²) in [6.07, 6.45) is 0. The number of hydrogen-bond donors (Lipinski definition) is 3. The lowest BCUT2D eigenvalue weighted by Gasteiger charge is -2.11. The number of nitro benzene ring substituents is 1. The minimum atomic E-state index is -0.636. The maximum atomic E-state index is 12.0. The highest BCUT2D eigenvalue weighted by Gasteiger charge is 2.13. The molecule has 0 radical (unpaired) electrons. The van der Waals surface area contributed by atoms with Gasteiger partial charge >= 0.3 is 0 Å². The van der Waals surface area contributed by atoms with Crippen molar-refractivity contribution in [3.8, 4) is 0 Å². The van der Waals surface area contributed by atoms with Crippen molar-refractivity contribution in [3.63, 3.8) is 0 Å². The first kappa shape index (κ1) is 17.0. The van der Waals surface area contributed by atoms with Crippen molar-refractivity contribution in [2.75, 3.05) is 5.32 Å². The summed E-state index contributed by atoms with van der Waals surface area (Å²) in [6, 6.07) is 11.5. The van der Waals surface area contributed by atoms with Crippen LogP contribution in [0.2, 0.25) is 0 Å². The summed E-state index contributed by atoms with van der Waals surface area (Å²) in [7, 11) is 0. The van der Waals surface area contributed by atoms with Crippen LogP contribution in [0.15, 0.2) is 48.5 Å². The molecule has 0 aliphatic rings. The molecule has 122 valence electrons. The van der Waals surface area contributed by atoms with Crippen LogP contribution in [0.25, 0.3) is 0 Å². The van der Waals surface area contributed by atoms with Gasteiger partial charge in [0.25, 0.3) is 17.5 Å². The van der Waals surface area contributed by atoms with Crippen LogP contribution >= 0.6 is 12.2 Å². The Morgan fingerprint density at radius 3 is 2.29 bits per heavy atom. The smallest absolute Gasteiger partial charge is 0.269 e. The van der Waals surface area contributed by atoms with Gasteiger partial charge in [-0.05, 0) is 36.5 Å². The van der Waals surface area contributed by atoms with Crippen molar-refractivity contribution in [1.82, 2.24) is 5.32 Å². The Hall–Kier alpha value is -3.33. The number of nitro groups is 1. The summed E-state index contributed by atoms with van der Waals surface area (Å²) in [5.74, 6) is -1.18.